The molecule has 1 aromatic carbocycles. The van der Waals surface area contributed by atoms with Gasteiger partial charge < -0.3 is 10.1 Å². The number of fused-ring (bicyclic) bond motifs is 1. The largest absolute Gasteiger partial charge is 0.493 e. The molecule has 4 rings (SSSR count). The van der Waals surface area contributed by atoms with Crippen molar-refractivity contribution in [2.45, 2.75) is 52.4 Å². The highest BCUT2D eigenvalue weighted by molar-refractivity contribution is 5.77. The lowest BCUT2D eigenvalue weighted by Gasteiger charge is -2.21. The first-order valence-corrected chi connectivity index (χ1v) is 8.86. The van der Waals surface area contributed by atoms with Gasteiger partial charge in [0, 0.05) is 5.56 Å². The van der Waals surface area contributed by atoms with Gasteiger partial charge in [0.2, 0.25) is 11.8 Å². The number of hydrogen-bond donors (Lipinski definition) is 2. The molecule has 1 saturated carbocycles. The lowest BCUT2D eigenvalue weighted by molar-refractivity contribution is 0.349. The first-order valence-electron chi connectivity index (χ1n) is 8.86. The minimum atomic E-state index is 0.230. The molecule has 24 heavy (non-hydrogen) atoms. The fraction of sp³-hybridized carbons (Fsp3) is 0.474. The van der Waals surface area contributed by atoms with E-state index in [1.165, 1.54) is 37.7 Å². The molecule has 5 nitrogen and oxygen atoms in total. The molecule has 1 aliphatic rings. The van der Waals surface area contributed by atoms with Gasteiger partial charge in [-0.1, -0.05) is 38.2 Å². The Bertz CT molecular complexity index is 871. The van der Waals surface area contributed by atoms with E-state index >= 15 is 0 Å². The summed E-state index contributed by atoms with van der Waals surface area (Å²) in [4.78, 5) is 7.84. The third-order valence-corrected chi connectivity index (χ3v) is 5.20. The predicted octanol–water partition coefficient (Wildman–Crippen LogP) is 4.19. The van der Waals surface area contributed by atoms with Gasteiger partial charge in [-0.25, -0.2) is 4.98 Å². The molecule has 0 saturated heterocycles. The lowest BCUT2D eigenvalue weighted by Crippen LogP contribution is -2.09. The Labute approximate surface area is 141 Å². The summed E-state index contributed by atoms with van der Waals surface area (Å²) in [5.41, 5.74) is 4.89. The van der Waals surface area contributed by atoms with Gasteiger partial charge in [-0.05, 0) is 43.9 Å². The second kappa shape index (κ2) is 5.96. The highest BCUT2D eigenvalue weighted by atomic mass is 16.3. The van der Waals surface area contributed by atoms with Crippen LogP contribution in [-0.2, 0) is 6.42 Å². The minimum absolute atomic E-state index is 0.230. The summed E-state index contributed by atoms with van der Waals surface area (Å²) in [6.45, 7) is 4.02. The van der Waals surface area contributed by atoms with E-state index < -0.39 is 0 Å². The van der Waals surface area contributed by atoms with E-state index in [0.29, 0.717) is 11.9 Å². The van der Waals surface area contributed by atoms with Crippen LogP contribution in [0.2, 0.25) is 0 Å². The van der Waals surface area contributed by atoms with E-state index in [0.717, 1.165) is 28.7 Å². The normalized spacial score (nSPS) is 16.1. The molecule has 126 valence electrons. The summed E-state index contributed by atoms with van der Waals surface area (Å²) in [6, 6.07) is 6.09. The summed E-state index contributed by atoms with van der Waals surface area (Å²) in [6.07, 6.45) is 7.39. The number of nitrogens with one attached hydrogen (secondary N) is 1. The molecule has 3 aromatic rings. The number of imidazole rings is 1. The number of nitrogens with zero attached hydrogens (tertiary/aromatic N) is 3. The van der Waals surface area contributed by atoms with Crippen molar-refractivity contribution in [1.29, 1.82) is 0 Å². The maximum Gasteiger partial charge on any atom is 0.232 e. The van der Waals surface area contributed by atoms with Crippen molar-refractivity contribution in [2.75, 3.05) is 0 Å². The van der Waals surface area contributed by atoms with Crippen LogP contribution >= 0.6 is 0 Å². The maximum atomic E-state index is 10.7. The Morgan fingerprint density at radius 3 is 2.79 bits per heavy atom. The summed E-state index contributed by atoms with van der Waals surface area (Å²) in [7, 11) is 0. The van der Waals surface area contributed by atoms with Gasteiger partial charge in [0.25, 0.3) is 0 Å². The van der Waals surface area contributed by atoms with E-state index in [9.17, 15) is 5.11 Å². The van der Waals surface area contributed by atoms with Gasteiger partial charge in [-0.3, -0.25) is 0 Å². The van der Waals surface area contributed by atoms with Crippen LogP contribution in [0.4, 0.5) is 0 Å². The van der Waals surface area contributed by atoms with Gasteiger partial charge in [0.15, 0.2) is 0 Å². The maximum absolute atomic E-state index is 10.7. The minimum Gasteiger partial charge on any atom is -0.493 e. The first-order chi connectivity index (χ1) is 11.6. The third-order valence-electron chi connectivity index (χ3n) is 5.20. The Morgan fingerprint density at radius 1 is 1.21 bits per heavy atom. The Kier molecular flexibility index (Phi) is 3.79. The zero-order valence-electron chi connectivity index (χ0n) is 14.3. The molecular formula is C19H24N4O. The van der Waals surface area contributed by atoms with Gasteiger partial charge in [0.05, 0.1) is 16.7 Å². The summed E-state index contributed by atoms with van der Waals surface area (Å²) >= 11 is 0. The topological polar surface area (TPSA) is 66.7 Å². The van der Waals surface area contributed by atoms with Crippen molar-refractivity contribution >= 4 is 11.0 Å². The van der Waals surface area contributed by atoms with Gasteiger partial charge in [-0.15, -0.1) is 0 Å². The molecule has 0 spiro atoms. The quantitative estimate of drug-likeness (QED) is 0.759. The number of aromatic nitrogens is 4. The Balaban J connectivity index is 1.68. The van der Waals surface area contributed by atoms with E-state index in [-0.39, 0.29) is 5.88 Å². The van der Waals surface area contributed by atoms with Gasteiger partial charge in [0.1, 0.15) is 0 Å². The Hall–Kier alpha value is -2.30. The smallest absolute Gasteiger partial charge is 0.232 e. The zero-order valence-corrected chi connectivity index (χ0v) is 14.3. The number of hydrogen-bond acceptors (Lipinski definition) is 3. The molecule has 1 aliphatic carbocycles. The lowest BCUT2D eigenvalue weighted by atomic mass is 9.85. The van der Waals surface area contributed by atoms with E-state index in [2.05, 4.69) is 15.1 Å². The fourth-order valence-corrected chi connectivity index (χ4v) is 3.82. The van der Waals surface area contributed by atoms with Crippen molar-refractivity contribution in [1.82, 2.24) is 19.7 Å². The number of aromatic amines is 1. The average Bonchev–Trinajstić information content (AvgIpc) is 3.11. The average molecular weight is 324 g/mol. The van der Waals surface area contributed by atoms with E-state index in [4.69, 9.17) is 0 Å². The number of benzene rings is 1. The molecule has 0 radical (unpaired) electrons. The number of aromatic hydroxyl groups is 1. The van der Waals surface area contributed by atoms with Crippen LogP contribution in [0, 0.1) is 19.8 Å². The summed E-state index contributed by atoms with van der Waals surface area (Å²) in [5.74, 6) is 1.47. The standard InChI is InChI=1S/C19H24N4O/c1-12-8-9-16-17(10-12)21-19(20-16)23-18(24)15(13(2)22-23)11-14-6-4-3-5-7-14/h8-10,14,24H,3-7,11H2,1-2H3,(H,20,21). The third kappa shape index (κ3) is 2.68. The van der Waals surface area contributed by atoms with Crippen molar-refractivity contribution in [3.63, 3.8) is 0 Å². The molecule has 2 heterocycles. The van der Waals surface area contributed by atoms with Gasteiger partial charge in [-0.2, -0.15) is 9.78 Å². The van der Waals surface area contributed by atoms with Crippen LogP contribution in [0.1, 0.15) is 48.9 Å². The SMILES string of the molecule is Cc1ccc2[nH]c(-n3nc(C)c(CC4CCCCC4)c3O)nc2c1. The second-order valence-electron chi connectivity index (χ2n) is 7.09. The molecular weight excluding hydrogens is 300 g/mol. The molecule has 2 aromatic heterocycles. The summed E-state index contributed by atoms with van der Waals surface area (Å²) < 4.78 is 1.54. The van der Waals surface area contributed by atoms with Crippen LogP contribution in [0.3, 0.4) is 0 Å². The van der Waals surface area contributed by atoms with Crippen molar-refractivity contribution < 1.29 is 5.11 Å². The van der Waals surface area contributed by atoms with Gasteiger partial charge >= 0.3 is 0 Å². The molecule has 0 unspecified atom stereocenters. The fourth-order valence-electron chi connectivity index (χ4n) is 3.82. The monoisotopic (exact) mass is 324 g/mol. The molecule has 0 amide bonds. The van der Waals surface area contributed by atoms with Crippen molar-refractivity contribution in [3.05, 3.63) is 35.0 Å². The molecule has 0 aliphatic heterocycles. The van der Waals surface area contributed by atoms with Crippen LogP contribution in [0.5, 0.6) is 5.88 Å². The number of H-pyrrole nitrogens is 1. The number of rotatable bonds is 3. The van der Waals surface area contributed by atoms with Crippen molar-refractivity contribution in [2.24, 2.45) is 5.92 Å². The highest BCUT2D eigenvalue weighted by Crippen LogP contribution is 2.32. The first kappa shape index (κ1) is 15.2. The van der Waals surface area contributed by atoms with Crippen LogP contribution in [0.25, 0.3) is 17.0 Å². The Morgan fingerprint density at radius 2 is 2.00 bits per heavy atom. The number of aryl methyl sites for hydroxylation is 2. The summed E-state index contributed by atoms with van der Waals surface area (Å²) in [5, 5.41) is 15.3. The highest BCUT2D eigenvalue weighted by Gasteiger charge is 2.22. The van der Waals surface area contributed by atoms with Crippen molar-refractivity contribution in [3.8, 4) is 11.8 Å². The second-order valence-corrected chi connectivity index (χ2v) is 7.09. The predicted molar refractivity (Wildman–Crippen MR) is 94.6 cm³/mol. The molecule has 0 atom stereocenters. The molecule has 5 heteroatoms. The van der Waals surface area contributed by atoms with Crippen LogP contribution in [0.15, 0.2) is 18.2 Å². The molecule has 2 N–H and O–H groups in total. The van der Waals surface area contributed by atoms with E-state index in [1.54, 1.807) is 4.68 Å². The molecule has 1 fully saturated rings. The van der Waals surface area contributed by atoms with Crippen LogP contribution in [-0.4, -0.2) is 24.9 Å². The van der Waals surface area contributed by atoms with Crippen LogP contribution < -0.4 is 0 Å². The zero-order chi connectivity index (χ0) is 16.7. The molecule has 0 bridgehead atoms. The van der Waals surface area contributed by atoms with E-state index in [1.807, 2.05) is 32.0 Å².